The summed E-state index contributed by atoms with van der Waals surface area (Å²) in [7, 11) is 0. The third-order valence-electron chi connectivity index (χ3n) is 5.27. The molecule has 1 saturated heterocycles. The lowest BCUT2D eigenvalue weighted by atomic mass is 9.95. The number of carbonyl (C=O) groups excluding carboxylic acids is 2. The third-order valence-corrected chi connectivity index (χ3v) is 5.27. The molecule has 2 unspecified atom stereocenters. The summed E-state index contributed by atoms with van der Waals surface area (Å²) in [5.74, 6) is 1.38. The van der Waals surface area contributed by atoms with E-state index in [1.165, 1.54) is 25.7 Å². The Hall–Kier alpha value is -1.06. The summed E-state index contributed by atoms with van der Waals surface area (Å²) in [6.07, 6.45) is 5.86. The van der Waals surface area contributed by atoms with Crippen molar-refractivity contribution in [3.8, 4) is 0 Å². The zero-order valence-electron chi connectivity index (χ0n) is 12.8. The maximum atomic E-state index is 12.7. The Balaban J connectivity index is 1.72. The minimum Gasteiger partial charge on any atom is -0.343 e. The Morgan fingerprint density at radius 1 is 1.30 bits per heavy atom. The van der Waals surface area contributed by atoms with Crippen molar-refractivity contribution in [2.45, 2.75) is 65.0 Å². The lowest BCUT2D eigenvalue weighted by molar-refractivity contribution is -0.150. The Morgan fingerprint density at radius 2 is 1.95 bits per heavy atom. The second kappa shape index (κ2) is 4.74. The average molecular weight is 278 g/mol. The van der Waals surface area contributed by atoms with Crippen LogP contribution in [0.2, 0.25) is 0 Å². The Labute approximate surface area is 121 Å². The summed E-state index contributed by atoms with van der Waals surface area (Å²) < 4.78 is 0. The van der Waals surface area contributed by atoms with Crippen LogP contribution in [0, 0.1) is 17.3 Å². The zero-order chi connectivity index (χ0) is 14.5. The van der Waals surface area contributed by atoms with E-state index in [1.54, 1.807) is 0 Å². The predicted octanol–water partition coefficient (Wildman–Crippen LogP) is 1.94. The van der Waals surface area contributed by atoms with Crippen LogP contribution in [-0.2, 0) is 9.59 Å². The summed E-state index contributed by atoms with van der Waals surface area (Å²) in [6.45, 7) is 6.85. The molecule has 20 heavy (non-hydrogen) atoms. The van der Waals surface area contributed by atoms with Crippen molar-refractivity contribution in [3.63, 3.8) is 0 Å². The molecule has 2 atom stereocenters. The fourth-order valence-corrected chi connectivity index (χ4v) is 3.62. The van der Waals surface area contributed by atoms with Crippen molar-refractivity contribution in [2.75, 3.05) is 6.54 Å². The number of carbonyl (C=O) groups is 2. The van der Waals surface area contributed by atoms with Crippen molar-refractivity contribution >= 4 is 11.8 Å². The molecule has 2 aliphatic carbocycles. The summed E-state index contributed by atoms with van der Waals surface area (Å²) in [6, 6.07) is -0.615. The standard InChI is InChI=1S/C16H26N2O2/c1-10(2)8-13-15(20)18(11(3)14(19)17-13)9-16(6-7-16)12-4-5-12/h10-13H,4-9H2,1-3H3,(H,17,19). The largest absolute Gasteiger partial charge is 0.343 e. The molecule has 2 saturated carbocycles. The van der Waals surface area contributed by atoms with E-state index in [1.807, 2.05) is 11.8 Å². The summed E-state index contributed by atoms with van der Waals surface area (Å²) in [4.78, 5) is 26.7. The molecule has 1 heterocycles. The van der Waals surface area contributed by atoms with Gasteiger partial charge in [-0.15, -0.1) is 0 Å². The molecule has 0 spiro atoms. The van der Waals surface area contributed by atoms with E-state index >= 15 is 0 Å². The van der Waals surface area contributed by atoms with Gasteiger partial charge in [-0.05, 0) is 56.3 Å². The van der Waals surface area contributed by atoms with Crippen LogP contribution in [0.5, 0.6) is 0 Å². The van der Waals surface area contributed by atoms with E-state index in [-0.39, 0.29) is 23.9 Å². The van der Waals surface area contributed by atoms with Gasteiger partial charge in [0.15, 0.2) is 0 Å². The Kier molecular flexibility index (Phi) is 3.30. The first-order chi connectivity index (χ1) is 9.43. The summed E-state index contributed by atoms with van der Waals surface area (Å²) >= 11 is 0. The molecule has 4 nitrogen and oxygen atoms in total. The molecule has 3 fully saturated rings. The van der Waals surface area contributed by atoms with Gasteiger partial charge in [-0.3, -0.25) is 9.59 Å². The van der Waals surface area contributed by atoms with Crippen LogP contribution in [0.15, 0.2) is 0 Å². The molecule has 0 aromatic heterocycles. The van der Waals surface area contributed by atoms with Crippen molar-refractivity contribution in [1.82, 2.24) is 10.2 Å². The van der Waals surface area contributed by atoms with Crippen molar-refractivity contribution in [3.05, 3.63) is 0 Å². The molecule has 1 aliphatic heterocycles. The van der Waals surface area contributed by atoms with Gasteiger partial charge in [0.25, 0.3) is 0 Å². The molecular weight excluding hydrogens is 252 g/mol. The van der Waals surface area contributed by atoms with Gasteiger partial charge in [-0.1, -0.05) is 13.8 Å². The average Bonchev–Trinajstić information content (AvgIpc) is 3.23. The number of piperazine rings is 1. The molecule has 112 valence electrons. The van der Waals surface area contributed by atoms with Crippen molar-refractivity contribution in [2.24, 2.45) is 17.3 Å². The monoisotopic (exact) mass is 278 g/mol. The number of nitrogens with zero attached hydrogens (tertiary/aromatic N) is 1. The van der Waals surface area contributed by atoms with Gasteiger partial charge in [-0.2, -0.15) is 0 Å². The first-order valence-corrected chi connectivity index (χ1v) is 8.04. The molecule has 1 N–H and O–H groups in total. The van der Waals surface area contributed by atoms with E-state index in [0.717, 1.165) is 18.9 Å². The van der Waals surface area contributed by atoms with Crippen molar-refractivity contribution < 1.29 is 9.59 Å². The number of rotatable bonds is 5. The summed E-state index contributed by atoms with van der Waals surface area (Å²) in [5.41, 5.74) is 0.365. The smallest absolute Gasteiger partial charge is 0.245 e. The van der Waals surface area contributed by atoms with Crippen LogP contribution >= 0.6 is 0 Å². The molecule has 0 radical (unpaired) electrons. The van der Waals surface area contributed by atoms with E-state index in [4.69, 9.17) is 0 Å². The number of amides is 2. The first kappa shape index (κ1) is 13.9. The first-order valence-electron chi connectivity index (χ1n) is 8.04. The zero-order valence-corrected chi connectivity index (χ0v) is 12.8. The topological polar surface area (TPSA) is 49.4 Å². The van der Waals surface area contributed by atoms with Gasteiger partial charge in [-0.25, -0.2) is 0 Å². The molecule has 3 aliphatic rings. The van der Waals surface area contributed by atoms with E-state index < -0.39 is 0 Å². The Morgan fingerprint density at radius 3 is 2.45 bits per heavy atom. The maximum Gasteiger partial charge on any atom is 0.245 e. The van der Waals surface area contributed by atoms with Gasteiger partial charge in [0.2, 0.25) is 11.8 Å². The molecule has 0 bridgehead atoms. The van der Waals surface area contributed by atoms with E-state index in [2.05, 4.69) is 19.2 Å². The minimum absolute atomic E-state index is 0.0156. The van der Waals surface area contributed by atoms with Gasteiger partial charge < -0.3 is 10.2 Å². The highest BCUT2D eigenvalue weighted by Crippen LogP contribution is 2.61. The van der Waals surface area contributed by atoms with E-state index in [0.29, 0.717) is 11.3 Å². The van der Waals surface area contributed by atoms with Gasteiger partial charge in [0, 0.05) is 6.54 Å². The highest BCUT2D eigenvalue weighted by atomic mass is 16.2. The van der Waals surface area contributed by atoms with Crippen LogP contribution in [0.25, 0.3) is 0 Å². The normalized spacial score (nSPS) is 32.5. The van der Waals surface area contributed by atoms with Crippen LogP contribution in [-0.4, -0.2) is 35.3 Å². The molecule has 4 heteroatoms. The molecule has 0 aromatic rings. The van der Waals surface area contributed by atoms with Gasteiger partial charge >= 0.3 is 0 Å². The maximum absolute atomic E-state index is 12.7. The van der Waals surface area contributed by atoms with Crippen LogP contribution in [0.4, 0.5) is 0 Å². The lowest BCUT2D eigenvalue weighted by Crippen LogP contribution is -2.63. The van der Waals surface area contributed by atoms with E-state index in [9.17, 15) is 9.59 Å². The minimum atomic E-state index is -0.311. The van der Waals surface area contributed by atoms with Crippen LogP contribution < -0.4 is 5.32 Å². The number of hydrogen-bond donors (Lipinski definition) is 1. The lowest BCUT2D eigenvalue weighted by Gasteiger charge is -2.40. The van der Waals surface area contributed by atoms with Gasteiger partial charge in [0.05, 0.1) is 0 Å². The predicted molar refractivity (Wildman–Crippen MR) is 77.0 cm³/mol. The quantitative estimate of drug-likeness (QED) is 0.835. The van der Waals surface area contributed by atoms with Gasteiger partial charge in [0.1, 0.15) is 12.1 Å². The second-order valence-electron chi connectivity index (χ2n) is 7.47. The fraction of sp³-hybridized carbons (Fsp3) is 0.875. The molecule has 0 aromatic carbocycles. The second-order valence-corrected chi connectivity index (χ2v) is 7.47. The number of hydrogen-bond acceptors (Lipinski definition) is 2. The third kappa shape index (κ3) is 2.45. The van der Waals surface area contributed by atoms with Crippen molar-refractivity contribution in [1.29, 1.82) is 0 Å². The van der Waals surface area contributed by atoms with Crippen LogP contribution in [0.1, 0.15) is 52.9 Å². The highest BCUT2D eigenvalue weighted by molar-refractivity contribution is 5.96. The van der Waals surface area contributed by atoms with Crippen LogP contribution in [0.3, 0.4) is 0 Å². The molecule has 2 amide bonds. The Bertz CT molecular complexity index is 424. The number of nitrogens with one attached hydrogen (secondary N) is 1. The SMILES string of the molecule is CC(C)CC1NC(=O)C(C)N(CC2(C3CC3)CC2)C1=O. The molecular formula is C16H26N2O2. The summed E-state index contributed by atoms with van der Waals surface area (Å²) in [5, 5.41) is 2.90. The molecule has 3 rings (SSSR count). The highest BCUT2D eigenvalue weighted by Gasteiger charge is 2.56. The fourth-order valence-electron chi connectivity index (χ4n) is 3.62.